The van der Waals surface area contributed by atoms with Crippen molar-refractivity contribution in [1.82, 2.24) is 5.32 Å². The third-order valence-electron chi connectivity index (χ3n) is 2.56. The van der Waals surface area contributed by atoms with Gasteiger partial charge in [0.2, 0.25) is 5.91 Å². The Kier molecular flexibility index (Phi) is 6.32. The molecule has 0 fully saturated rings. The Morgan fingerprint density at radius 1 is 1.50 bits per heavy atom. The van der Waals surface area contributed by atoms with Crippen LogP contribution in [-0.4, -0.2) is 31.7 Å². The van der Waals surface area contributed by atoms with Gasteiger partial charge in [0.25, 0.3) is 0 Å². The largest absolute Gasteiger partial charge is 0.383 e. The molecule has 0 heterocycles. The van der Waals surface area contributed by atoms with E-state index in [4.69, 9.17) is 10.5 Å². The van der Waals surface area contributed by atoms with Crippen molar-refractivity contribution in [3.05, 3.63) is 34.3 Å². The van der Waals surface area contributed by atoms with Crippen LogP contribution in [0.5, 0.6) is 0 Å². The van der Waals surface area contributed by atoms with Crippen LogP contribution in [-0.2, 0) is 16.0 Å². The Labute approximate surface area is 116 Å². The summed E-state index contributed by atoms with van der Waals surface area (Å²) in [6, 6.07) is 7.37. The molecule has 0 aliphatic rings. The molecule has 0 aliphatic heterocycles. The van der Waals surface area contributed by atoms with E-state index in [1.54, 1.807) is 0 Å². The minimum atomic E-state index is -0.614. The van der Waals surface area contributed by atoms with Crippen LogP contribution in [0.2, 0.25) is 0 Å². The van der Waals surface area contributed by atoms with Gasteiger partial charge < -0.3 is 15.8 Å². The first-order valence-electron chi connectivity index (χ1n) is 5.83. The van der Waals surface area contributed by atoms with Gasteiger partial charge in [-0.25, -0.2) is 0 Å². The summed E-state index contributed by atoms with van der Waals surface area (Å²) in [5, 5.41) is 2.88. The Balaban J connectivity index is 2.49. The molecule has 3 N–H and O–H groups in total. The number of nitrogens with two attached hydrogens (primary N) is 1. The van der Waals surface area contributed by atoms with E-state index >= 15 is 0 Å². The summed E-state index contributed by atoms with van der Waals surface area (Å²) < 4.78 is 5.90. The van der Waals surface area contributed by atoms with Crippen LogP contribution >= 0.6 is 15.9 Å². The van der Waals surface area contributed by atoms with Crippen LogP contribution < -0.4 is 11.1 Å². The molecule has 0 spiro atoms. The van der Waals surface area contributed by atoms with Crippen molar-refractivity contribution in [2.75, 3.05) is 13.7 Å². The normalized spacial score (nSPS) is 14.0. The van der Waals surface area contributed by atoms with Crippen LogP contribution in [0.1, 0.15) is 12.5 Å². The van der Waals surface area contributed by atoms with Crippen molar-refractivity contribution in [2.24, 2.45) is 5.73 Å². The third-order valence-corrected chi connectivity index (χ3v) is 3.33. The summed E-state index contributed by atoms with van der Waals surface area (Å²) in [6.45, 7) is 2.18. The van der Waals surface area contributed by atoms with Crippen LogP contribution in [0.3, 0.4) is 0 Å². The number of carbonyl (C=O) groups is 1. The molecule has 0 radical (unpaired) electrons. The molecule has 0 aliphatic carbocycles. The molecule has 4 nitrogen and oxygen atoms in total. The number of hydrogen-bond acceptors (Lipinski definition) is 3. The van der Waals surface area contributed by atoms with Crippen molar-refractivity contribution in [1.29, 1.82) is 0 Å². The first kappa shape index (κ1) is 15.1. The SMILES string of the molecule is COCC(N)C(=O)NC(C)Cc1ccccc1Br. The maximum atomic E-state index is 11.7. The minimum Gasteiger partial charge on any atom is -0.383 e. The van der Waals surface area contributed by atoms with Gasteiger partial charge in [0.15, 0.2) is 0 Å². The maximum Gasteiger partial charge on any atom is 0.239 e. The van der Waals surface area contributed by atoms with Gasteiger partial charge >= 0.3 is 0 Å². The lowest BCUT2D eigenvalue weighted by Crippen LogP contribution is -2.47. The number of ether oxygens (including phenoxy) is 1. The molecular formula is C13H19BrN2O2. The maximum absolute atomic E-state index is 11.7. The molecule has 0 aromatic heterocycles. The lowest BCUT2D eigenvalue weighted by molar-refractivity contribution is -0.124. The number of halogens is 1. The van der Waals surface area contributed by atoms with Gasteiger partial charge in [-0.1, -0.05) is 34.1 Å². The average Bonchev–Trinajstić information content (AvgIpc) is 2.32. The van der Waals surface area contributed by atoms with E-state index < -0.39 is 6.04 Å². The van der Waals surface area contributed by atoms with Crippen molar-refractivity contribution >= 4 is 21.8 Å². The van der Waals surface area contributed by atoms with E-state index in [2.05, 4.69) is 21.2 Å². The predicted octanol–water partition coefficient (Wildman–Crippen LogP) is 1.47. The summed E-state index contributed by atoms with van der Waals surface area (Å²) in [5.41, 5.74) is 6.81. The van der Waals surface area contributed by atoms with Crippen LogP contribution in [0.25, 0.3) is 0 Å². The van der Waals surface area contributed by atoms with Crippen molar-refractivity contribution in [3.8, 4) is 0 Å². The highest BCUT2D eigenvalue weighted by Crippen LogP contribution is 2.17. The molecule has 1 aromatic carbocycles. The predicted molar refractivity (Wildman–Crippen MR) is 75.3 cm³/mol. The Hall–Kier alpha value is -0.910. The Bertz CT molecular complexity index is 398. The van der Waals surface area contributed by atoms with Crippen molar-refractivity contribution in [2.45, 2.75) is 25.4 Å². The fourth-order valence-electron chi connectivity index (χ4n) is 1.65. The number of amides is 1. The van der Waals surface area contributed by atoms with Crippen molar-refractivity contribution < 1.29 is 9.53 Å². The quantitative estimate of drug-likeness (QED) is 0.835. The number of hydrogen-bond donors (Lipinski definition) is 2. The van der Waals surface area contributed by atoms with Crippen LogP contribution in [0, 0.1) is 0 Å². The Morgan fingerprint density at radius 3 is 2.78 bits per heavy atom. The molecule has 0 saturated carbocycles. The molecule has 18 heavy (non-hydrogen) atoms. The van der Waals surface area contributed by atoms with E-state index in [1.165, 1.54) is 7.11 Å². The highest BCUT2D eigenvalue weighted by molar-refractivity contribution is 9.10. The first-order chi connectivity index (χ1) is 8.54. The van der Waals surface area contributed by atoms with Gasteiger partial charge in [0.05, 0.1) is 6.61 Å². The van der Waals surface area contributed by atoms with Gasteiger partial charge in [-0.3, -0.25) is 4.79 Å². The second kappa shape index (κ2) is 7.51. The molecule has 1 amide bonds. The van der Waals surface area contributed by atoms with E-state index in [1.807, 2.05) is 31.2 Å². The molecular weight excluding hydrogens is 296 g/mol. The fourth-order valence-corrected chi connectivity index (χ4v) is 2.10. The number of methoxy groups -OCH3 is 1. The van der Waals surface area contributed by atoms with Gasteiger partial charge in [0.1, 0.15) is 6.04 Å². The number of rotatable bonds is 6. The summed E-state index contributed by atoms with van der Waals surface area (Å²) in [4.78, 5) is 11.7. The Morgan fingerprint density at radius 2 is 2.17 bits per heavy atom. The van der Waals surface area contributed by atoms with E-state index in [-0.39, 0.29) is 18.6 Å². The van der Waals surface area contributed by atoms with E-state index in [0.717, 1.165) is 16.5 Å². The zero-order valence-corrected chi connectivity index (χ0v) is 12.2. The summed E-state index contributed by atoms with van der Waals surface area (Å²) in [7, 11) is 1.53. The molecule has 0 saturated heterocycles. The number of carbonyl (C=O) groups excluding carboxylic acids is 1. The molecule has 0 bridgehead atoms. The first-order valence-corrected chi connectivity index (χ1v) is 6.62. The van der Waals surface area contributed by atoms with Gasteiger partial charge in [-0.05, 0) is 25.0 Å². The highest BCUT2D eigenvalue weighted by atomic mass is 79.9. The molecule has 100 valence electrons. The third kappa shape index (κ3) is 4.76. The van der Waals surface area contributed by atoms with Gasteiger partial charge in [-0.15, -0.1) is 0 Å². The molecule has 2 atom stereocenters. The minimum absolute atomic E-state index is 0.0270. The lowest BCUT2D eigenvalue weighted by atomic mass is 10.1. The monoisotopic (exact) mass is 314 g/mol. The molecule has 1 rings (SSSR count). The average molecular weight is 315 g/mol. The summed E-state index contributed by atoms with van der Waals surface area (Å²) >= 11 is 3.49. The molecule has 5 heteroatoms. The standard InChI is InChI=1S/C13H19BrN2O2/c1-9(16-13(17)12(15)8-18-2)7-10-5-3-4-6-11(10)14/h3-6,9,12H,7-8,15H2,1-2H3,(H,16,17). The summed E-state index contributed by atoms with van der Waals surface area (Å²) in [6.07, 6.45) is 0.757. The molecule has 2 unspecified atom stereocenters. The lowest BCUT2D eigenvalue weighted by Gasteiger charge is -2.17. The number of nitrogens with one attached hydrogen (secondary N) is 1. The fraction of sp³-hybridized carbons (Fsp3) is 0.462. The highest BCUT2D eigenvalue weighted by Gasteiger charge is 2.16. The smallest absolute Gasteiger partial charge is 0.239 e. The topological polar surface area (TPSA) is 64.3 Å². The van der Waals surface area contributed by atoms with Crippen LogP contribution in [0.15, 0.2) is 28.7 Å². The zero-order valence-electron chi connectivity index (χ0n) is 10.7. The van der Waals surface area contributed by atoms with Crippen LogP contribution in [0.4, 0.5) is 0 Å². The van der Waals surface area contributed by atoms with E-state index in [0.29, 0.717) is 0 Å². The second-order valence-electron chi connectivity index (χ2n) is 4.27. The summed E-state index contributed by atoms with van der Waals surface area (Å²) in [5.74, 6) is -0.184. The molecule has 1 aromatic rings. The second-order valence-corrected chi connectivity index (χ2v) is 5.12. The zero-order chi connectivity index (χ0) is 13.5. The van der Waals surface area contributed by atoms with Gasteiger partial charge in [0, 0.05) is 17.6 Å². The van der Waals surface area contributed by atoms with Gasteiger partial charge in [-0.2, -0.15) is 0 Å². The number of benzene rings is 1. The van der Waals surface area contributed by atoms with Crippen molar-refractivity contribution in [3.63, 3.8) is 0 Å². The van der Waals surface area contributed by atoms with E-state index in [9.17, 15) is 4.79 Å².